The van der Waals surface area contributed by atoms with E-state index in [4.69, 9.17) is 16.3 Å². The summed E-state index contributed by atoms with van der Waals surface area (Å²) in [6, 6.07) is 9.72. The van der Waals surface area contributed by atoms with E-state index >= 15 is 0 Å². The molecule has 0 saturated heterocycles. The topological polar surface area (TPSA) is 58.2 Å². The van der Waals surface area contributed by atoms with E-state index in [-0.39, 0.29) is 5.56 Å². The SMILES string of the molecule is COc1ccc(CN2CCc3nc(-c4cccs4)[nH]c(=O)c3C2)cc1Cl. The van der Waals surface area contributed by atoms with Crippen LogP contribution in [0.2, 0.25) is 5.02 Å². The van der Waals surface area contributed by atoms with Crippen molar-refractivity contribution < 1.29 is 4.74 Å². The predicted octanol–water partition coefficient (Wildman–Crippen LogP) is 3.72. The predicted molar refractivity (Wildman–Crippen MR) is 104 cm³/mol. The quantitative estimate of drug-likeness (QED) is 0.741. The fourth-order valence-corrected chi connectivity index (χ4v) is 4.16. The van der Waals surface area contributed by atoms with Crippen LogP contribution < -0.4 is 10.3 Å². The van der Waals surface area contributed by atoms with Crippen LogP contribution in [-0.4, -0.2) is 28.5 Å². The number of methoxy groups -OCH3 is 1. The molecule has 0 fully saturated rings. The molecule has 2 aromatic heterocycles. The number of H-pyrrole nitrogens is 1. The summed E-state index contributed by atoms with van der Waals surface area (Å²) in [7, 11) is 1.60. The highest BCUT2D eigenvalue weighted by Crippen LogP contribution is 2.27. The van der Waals surface area contributed by atoms with E-state index < -0.39 is 0 Å². The number of fused-ring (bicyclic) bond motifs is 1. The van der Waals surface area contributed by atoms with Gasteiger partial charge in [0.15, 0.2) is 5.82 Å². The zero-order valence-electron chi connectivity index (χ0n) is 14.3. The molecule has 0 bridgehead atoms. The molecule has 0 radical (unpaired) electrons. The molecule has 0 unspecified atom stereocenters. The maximum absolute atomic E-state index is 12.6. The van der Waals surface area contributed by atoms with Gasteiger partial charge in [-0.05, 0) is 29.1 Å². The maximum atomic E-state index is 12.6. The van der Waals surface area contributed by atoms with E-state index in [2.05, 4.69) is 14.9 Å². The number of aromatic nitrogens is 2. The molecule has 134 valence electrons. The Labute approximate surface area is 160 Å². The molecule has 0 atom stereocenters. The molecule has 1 aromatic carbocycles. The number of nitrogens with one attached hydrogen (secondary N) is 1. The van der Waals surface area contributed by atoms with Gasteiger partial charge in [0, 0.05) is 26.1 Å². The number of thiophene rings is 1. The summed E-state index contributed by atoms with van der Waals surface area (Å²) < 4.78 is 5.20. The summed E-state index contributed by atoms with van der Waals surface area (Å²) in [5.74, 6) is 1.33. The second kappa shape index (κ2) is 7.23. The highest BCUT2D eigenvalue weighted by Gasteiger charge is 2.22. The third-order valence-electron chi connectivity index (χ3n) is 4.52. The summed E-state index contributed by atoms with van der Waals surface area (Å²) in [4.78, 5) is 23.4. The van der Waals surface area contributed by atoms with Gasteiger partial charge in [-0.1, -0.05) is 23.7 Å². The van der Waals surface area contributed by atoms with E-state index in [9.17, 15) is 4.79 Å². The average Bonchev–Trinajstić information content (AvgIpc) is 3.17. The molecule has 4 rings (SSSR count). The number of rotatable bonds is 4. The molecule has 0 saturated carbocycles. The van der Waals surface area contributed by atoms with Crippen LogP contribution in [0.5, 0.6) is 5.75 Å². The molecule has 5 nitrogen and oxygen atoms in total. The van der Waals surface area contributed by atoms with Gasteiger partial charge in [-0.2, -0.15) is 0 Å². The summed E-state index contributed by atoms with van der Waals surface area (Å²) in [6.45, 7) is 2.18. The largest absolute Gasteiger partial charge is 0.495 e. The Morgan fingerprint density at radius 2 is 2.27 bits per heavy atom. The normalized spacial score (nSPS) is 14.2. The van der Waals surface area contributed by atoms with Crippen molar-refractivity contribution in [2.24, 2.45) is 0 Å². The zero-order valence-corrected chi connectivity index (χ0v) is 15.9. The van der Waals surface area contributed by atoms with Crippen molar-refractivity contribution in [3.8, 4) is 16.5 Å². The minimum absolute atomic E-state index is 0.0455. The van der Waals surface area contributed by atoms with Crippen LogP contribution in [0, 0.1) is 0 Å². The van der Waals surface area contributed by atoms with Crippen molar-refractivity contribution in [1.82, 2.24) is 14.9 Å². The van der Waals surface area contributed by atoms with Crippen LogP contribution in [0.15, 0.2) is 40.5 Å². The van der Waals surface area contributed by atoms with Crippen molar-refractivity contribution >= 4 is 22.9 Å². The molecule has 0 spiro atoms. The van der Waals surface area contributed by atoms with Crippen LogP contribution in [0.4, 0.5) is 0 Å². The lowest BCUT2D eigenvalue weighted by Crippen LogP contribution is -2.35. The van der Waals surface area contributed by atoms with Gasteiger partial charge in [0.1, 0.15) is 5.75 Å². The summed E-state index contributed by atoms with van der Waals surface area (Å²) in [6.07, 6.45) is 0.765. The molecular formula is C19H18ClN3O2S. The molecule has 3 aromatic rings. The molecule has 3 heterocycles. The fraction of sp³-hybridized carbons (Fsp3) is 0.263. The Morgan fingerprint density at radius 1 is 1.38 bits per heavy atom. The van der Waals surface area contributed by atoms with E-state index in [1.165, 1.54) is 0 Å². The van der Waals surface area contributed by atoms with Gasteiger partial charge < -0.3 is 9.72 Å². The lowest BCUT2D eigenvalue weighted by atomic mass is 10.1. The van der Waals surface area contributed by atoms with Crippen LogP contribution in [0.1, 0.15) is 16.8 Å². The van der Waals surface area contributed by atoms with Gasteiger partial charge in [-0.25, -0.2) is 4.98 Å². The monoisotopic (exact) mass is 387 g/mol. The van der Waals surface area contributed by atoms with Crippen molar-refractivity contribution in [3.05, 3.63) is 67.9 Å². The molecule has 1 aliphatic heterocycles. The van der Waals surface area contributed by atoms with Crippen molar-refractivity contribution in [1.29, 1.82) is 0 Å². The van der Waals surface area contributed by atoms with Gasteiger partial charge in [-0.3, -0.25) is 9.69 Å². The lowest BCUT2D eigenvalue weighted by molar-refractivity contribution is 0.242. The first kappa shape index (κ1) is 17.3. The van der Waals surface area contributed by atoms with Crippen LogP contribution in [0.25, 0.3) is 10.7 Å². The standard InChI is InChI=1S/C19H18ClN3O2S/c1-25-16-5-4-12(9-14(16)20)10-23-7-6-15-13(11-23)19(24)22-18(21-15)17-3-2-8-26-17/h2-5,8-9H,6-7,10-11H2,1H3,(H,21,22,24). The maximum Gasteiger partial charge on any atom is 0.255 e. The number of ether oxygens (including phenoxy) is 1. The van der Waals surface area contributed by atoms with E-state index in [0.29, 0.717) is 23.1 Å². The lowest BCUT2D eigenvalue weighted by Gasteiger charge is -2.27. The van der Waals surface area contributed by atoms with Crippen LogP contribution in [-0.2, 0) is 19.5 Å². The van der Waals surface area contributed by atoms with Crippen molar-refractivity contribution in [3.63, 3.8) is 0 Å². The highest BCUT2D eigenvalue weighted by atomic mass is 35.5. The first-order valence-electron chi connectivity index (χ1n) is 8.35. The molecule has 1 N–H and O–H groups in total. The summed E-state index contributed by atoms with van der Waals surface area (Å²) in [5.41, 5.74) is 2.71. The number of aromatic amines is 1. The van der Waals surface area contributed by atoms with Gasteiger partial charge in [0.05, 0.1) is 28.3 Å². The molecule has 7 heteroatoms. The van der Waals surface area contributed by atoms with E-state index in [0.717, 1.165) is 41.2 Å². The minimum Gasteiger partial charge on any atom is -0.495 e. The number of hydrogen-bond donors (Lipinski definition) is 1. The Kier molecular flexibility index (Phi) is 4.80. The smallest absolute Gasteiger partial charge is 0.255 e. The third kappa shape index (κ3) is 3.40. The van der Waals surface area contributed by atoms with Crippen molar-refractivity contribution in [2.75, 3.05) is 13.7 Å². The summed E-state index contributed by atoms with van der Waals surface area (Å²) >= 11 is 7.79. The summed E-state index contributed by atoms with van der Waals surface area (Å²) in [5, 5.41) is 2.58. The van der Waals surface area contributed by atoms with Gasteiger partial charge in [0.2, 0.25) is 0 Å². The highest BCUT2D eigenvalue weighted by molar-refractivity contribution is 7.13. The molecular weight excluding hydrogens is 370 g/mol. The number of hydrogen-bond acceptors (Lipinski definition) is 5. The second-order valence-corrected chi connectivity index (χ2v) is 7.60. The van der Waals surface area contributed by atoms with E-state index in [1.54, 1.807) is 18.4 Å². The Hall–Kier alpha value is -2.15. The van der Waals surface area contributed by atoms with Gasteiger partial charge in [0.25, 0.3) is 5.56 Å². The van der Waals surface area contributed by atoms with E-state index in [1.807, 2.05) is 35.7 Å². The van der Waals surface area contributed by atoms with Gasteiger partial charge in [-0.15, -0.1) is 11.3 Å². The number of benzene rings is 1. The zero-order chi connectivity index (χ0) is 18.1. The fourth-order valence-electron chi connectivity index (χ4n) is 3.21. The minimum atomic E-state index is -0.0455. The third-order valence-corrected chi connectivity index (χ3v) is 5.70. The van der Waals surface area contributed by atoms with Crippen molar-refractivity contribution in [2.45, 2.75) is 19.5 Å². The molecule has 1 aliphatic rings. The average molecular weight is 388 g/mol. The Bertz CT molecular complexity index is 985. The number of halogens is 1. The van der Waals surface area contributed by atoms with Crippen LogP contribution >= 0.6 is 22.9 Å². The Morgan fingerprint density at radius 3 is 3.00 bits per heavy atom. The molecule has 0 amide bonds. The van der Waals surface area contributed by atoms with Gasteiger partial charge >= 0.3 is 0 Å². The second-order valence-electron chi connectivity index (χ2n) is 6.25. The molecule has 0 aliphatic carbocycles. The molecule has 26 heavy (non-hydrogen) atoms. The first-order chi connectivity index (χ1) is 12.6. The van der Waals surface area contributed by atoms with Crippen LogP contribution in [0.3, 0.4) is 0 Å². The first-order valence-corrected chi connectivity index (χ1v) is 9.60. The number of nitrogens with zero attached hydrogens (tertiary/aromatic N) is 2. The Balaban J connectivity index is 1.55.